The van der Waals surface area contributed by atoms with Gasteiger partial charge in [0, 0.05) is 24.7 Å². The second kappa shape index (κ2) is 5.45. The summed E-state index contributed by atoms with van der Waals surface area (Å²) in [6, 6.07) is 9.49. The van der Waals surface area contributed by atoms with Crippen molar-refractivity contribution < 1.29 is 4.79 Å². The molecule has 1 amide bonds. The fraction of sp³-hybridized carbons (Fsp3) is 0.176. The number of nitrogens with zero attached hydrogens (tertiary/aromatic N) is 4. The Balaban J connectivity index is 1.88. The lowest BCUT2D eigenvalue weighted by Gasteiger charge is -2.07. The van der Waals surface area contributed by atoms with Gasteiger partial charge in [-0.2, -0.15) is 4.99 Å². The zero-order valence-electron chi connectivity index (χ0n) is 13.2. The van der Waals surface area contributed by atoms with Gasteiger partial charge in [0.2, 0.25) is 5.62 Å². The van der Waals surface area contributed by atoms with Gasteiger partial charge in [-0.25, -0.2) is 9.97 Å². The Morgan fingerprint density at radius 3 is 3.04 bits per heavy atom. The Bertz CT molecular complexity index is 1040. The number of carbonyl (C=O) groups excluding carboxylic acids is 1. The van der Waals surface area contributed by atoms with E-state index in [4.69, 9.17) is 5.73 Å². The van der Waals surface area contributed by atoms with E-state index in [0.717, 1.165) is 35.4 Å². The van der Waals surface area contributed by atoms with E-state index in [-0.39, 0.29) is 5.91 Å². The third-order valence-corrected chi connectivity index (χ3v) is 4.09. The van der Waals surface area contributed by atoms with Crippen LogP contribution in [0.1, 0.15) is 15.9 Å². The maximum Gasteiger partial charge on any atom is 0.281 e. The Kier molecular flexibility index (Phi) is 3.26. The van der Waals surface area contributed by atoms with Gasteiger partial charge in [-0.15, -0.1) is 0 Å². The summed E-state index contributed by atoms with van der Waals surface area (Å²) >= 11 is 0. The van der Waals surface area contributed by atoms with Crippen molar-refractivity contribution in [2.45, 2.75) is 13.5 Å². The zero-order chi connectivity index (χ0) is 16.7. The highest BCUT2D eigenvalue weighted by Crippen LogP contribution is 2.22. The molecule has 24 heavy (non-hydrogen) atoms. The molecular weight excluding hydrogens is 304 g/mol. The van der Waals surface area contributed by atoms with E-state index in [2.05, 4.69) is 20.3 Å². The highest BCUT2D eigenvalue weighted by Gasteiger charge is 2.16. The molecule has 4 rings (SSSR count). The first-order chi connectivity index (χ1) is 11.6. The molecule has 0 atom stereocenters. The molecule has 7 heteroatoms. The van der Waals surface area contributed by atoms with Gasteiger partial charge in [-0.1, -0.05) is 12.1 Å². The highest BCUT2D eigenvalue weighted by molar-refractivity contribution is 5.95. The normalized spacial score (nSPS) is 13.8. The van der Waals surface area contributed by atoms with Crippen LogP contribution in [0.5, 0.6) is 0 Å². The third-order valence-electron chi connectivity index (χ3n) is 4.09. The van der Waals surface area contributed by atoms with Gasteiger partial charge in [0.05, 0.1) is 11.1 Å². The first-order valence-electron chi connectivity index (χ1n) is 7.68. The van der Waals surface area contributed by atoms with Crippen LogP contribution in [0.15, 0.2) is 41.5 Å². The van der Waals surface area contributed by atoms with E-state index >= 15 is 0 Å². The number of nitrogens with one attached hydrogen (secondary N) is 1. The minimum Gasteiger partial charge on any atom is -0.383 e. The van der Waals surface area contributed by atoms with Crippen LogP contribution in [0.25, 0.3) is 10.9 Å². The number of pyridine rings is 1. The first kappa shape index (κ1) is 14.4. The molecule has 120 valence electrons. The molecule has 0 aliphatic carbocycles. The van der Waals surface area contributed by atoms with Gasteiger partial charge in [-0.3, -0.25) is 9.36 Å². The first-order valence-corrected chi connectivity index (χ1v) is 7.68. The number of para-hydroxylation sites is 1. The van der Waals surface area contributed by atoms with Crippen molar-refractivity contribution in [3.05, 3.63) is 53.3 Å². The lowest BCUT2D eigenvalue weighted by molar-refractivity contribution is 0.0996. The number of nitrogens with two attached hydrogens (primary N) is 1. The van der Waals surface area contributed by atoms with Crippen LogP contribution in [-0.2, 0) is 6.54 Å². The smallest absolute Gasteiger partial charge is 0.281 e. The maximum absolute atomic E-state index is 12.5. The van der Waals surface area contributed by atoms with E-state index in [1.807, 2.05) is 35.8 Å². The summed E-state index contributed by atoms with van der Waals surface area (Å²) in [6.45, 7) is 3.32. The van der Waals surface area contributed by atoms with Crippen LogP contribution in [-0.4, -0.2) is 27.0 Å². The molecule has 0 saturated carbocycles. The predicted molar refractivity (Wildman–Crippen MR) is 91.5 cm³/mol. The molecule has 0 spiro atoms. The van der Waals surface area contributed by atoms with Crippen LogP contribution in [0.4, 0.5) is 11.6 Å². The van der Waals surface area contributed by atoms with Gasteiger partial charge in [-0.05, 0) is 30.7 Å². The van der Waals surface area contributed by atoms with E-state index in [1.54, 1.807) is 6.07 Å². The number of hydrogen-bond donors (Lipinski definition) is 2. The second-order valence-electron chi connectivity index (χ2n) is 5.70. The number of benzene rings is 1. The van der Waals surface area contributed by atoms with Crippen molar-refractivity contribution in [1.29, 1.82) is 0 Å². The molecule has 2 aromatic heterocycles. The maximum atomic E-state index is 12.5. The summed E-state index contributed by atoms with van der Waals surface area (Å²) in [5.41, 5.74) is 8.05. The lowest BCUT2D eigenvalue weighted by atomic mass is 10.2. The van der Waals surface area contributed by atoms with Crippen molar-refractivity contribution in [1.82, 2.24) is 14.5 Å². The summed E-state index contributed by atoms with van der Waals surface area (Å²) in [5, 5.41) is 4.36. The van der Waals surface area contributed by atoms with E-state index < -0.39 is 0 Å². The molecule has 1 aromatic carbocycles. The van der Waals surface area contributed by atoms with Gasteiger partial charge in [0.1, 0.15) is 11.6 Å². The van der Waals surface area contributed by atoms with Crippen LogP contribution in [0.2, 0.25) is 0 Å². The molecule has 1 aliphatic rings. The average molecular weight is 320 g/mol. The Morgan fingerprint density at radius 1 is 1.38 bits per heavy atom. The number of rotatable bonds is 1. The van der Waals surface area contributed by atoms with Crippen molar-refractivity contribution in [2.24, 2.45) is 4.99 Å². The monoisotopic (exact) mass is 320 g/mol. The van der Waals surface area contributed by atoms with Gasteiger partial charge in [0.25, 0.3) is 5.91 Å². The highest BCUT2D eigenvalue weighted by atomic mass is 16.1. The van der Waals surface area contributed by atoms with Crippen molar-refractivity contribution in [3.8, 4) is 0 Å². The van der Waals surface area contributed by atoms with Gasteiger partial charge < -0.3 is 11.1 Å². The van der Waals surface area contributed by atoms with Crippen molar-refractivity contribution in [3.63, 3.8) is 0 Å². The molecule has 7 nitrogen and oxygen atoms in total. The van der Waals surface area contributed by atoms with E-state index in [0.29, 0.717) is 17.0 Å². The molecule has 3 heterocycles. The molecular formula is C17H16N6O. The second-order valence-corrected chi connectivity index (χ2v) is 5.70. The molecule has 0 bridgehead atoms. The average Bonchev–Trinajstić information content (AvgIpc) is 3.07. The summed E-state index contributed by atoms with van der Waals surface area (Å²) in [4.78, 5) is 25.3. The number of amides is 1. The van der Waals surface area contributed by atoms with Gasteiger partial charge in [0.15, 0.2) is 0 Å². The topological polar surface area (TPSA) is 98.2 Å². The van der Waals surface area contributed by atoms with Crippen molar-refractivity contribution >= 4 is 28.4 Å². The fourth-order valence-electron chi connectivity index (χ4n) is 2.82. The van der Waals surface area contributed by atoms with Crippen LogP contribution in [0, 0.1) is 6.92 Å². The van der Waals surface area contributed by atoms with E-state index in [9.17, 15) is 4.79 Å². The quantitative estimate of drug-likeness (QED) is 0.708. The summed E-state index contributed by atoms with van der Waals surface area (Å²) in [5.74, 6) is 0.976. The molecule has 0 radical (unpaired) electrons. The third kappa shape index (κ3) is 2.30. The standard InChI is InChI=1S/C17H16N6O/c1-10-8-11(9-20-14(10)18)16(24)22-17-21-13-5-3-2-4-12(13)15-19-6-7-23(15)17/h2-5,8-9,19H,6-7H2,1H3,(H2,18,20). The Labute approximate surface area is 137 Å². The number of fused-ring (bicyclic) bond motifs is 3. The molecule has 0 fully saturated rings. The molecule has 0 saturated heterocycles. The molecule has 1 aliphatic heterocycles. The lowest BCUT2D eigenvalue weighted by Crippen LogP contribution is -2.24. The zero-order valence-corrected chi connectivity index (χ0v) is 13.2. The number of hydrogen-bond acceptors (Lipinski definition) is 5. The number of carbonyl (C=O) groups is 1. The predicted octanol–water partition coefficient (Wildman–Crippen LogP) is 1.49. The minimum absolute atomic E-state index is 0.380. The molecule has 3 N–H and O–H groups in total. The number of aryl methyl sites for hydroxylation is 1. The number of anilines is 2. The van der Waals surface area contributed by atoms with Crippen molar-refractivity contribution in [2.75, 3.05) is 17.6 Å². The summed E-state index contributed by atoms with van der Waals surface area (Å²) in [7, 11) is 0. The van der Waals surface area contributed by atoms with Gasteiger partial charge >= 0.3 is 0 Å². The van der Waals surface area contributed by atoms with Crippen LogP contribution < -0.4 is 16.7 Å². The van der Waals surface area contributed by atoms with Crippen LogP contribution >= 0.6 is 0 Å². The van der Waals surface area contributed by atoms with E-state index in [1.165, 1.54) is 6.20 Å². The Morgan fingerprint density at radius 2 is 2.21 bits per heavy atom. The fourth-order valence-corrected chi connectivity index (χ4v) is 2.82. The molecule has 3 aromatic rings. The number of aromatic nitrogens is 3. The SMILES string of the molecule is Cc1cc(C(=O)N=c2nc3ccccc3c3n2CCN3)cnc1N. The number of nitrogen functional groups attached to an aromatic ring is 1. The summed E-state index contributed by atoms with van der Waals surface area (Å²) in [6.07, 6.45) is 1.44. The minimum atomic E-state index is -0.380. The Hall–Kier alpha value is -3.22. The van der Waals surface area contributed by atoms with Crippen LogP contribution in [0.3, 0.4) is 0 Å². The summed E-state index contributed by atoms with van der Waals surface area (Å²) < 4.78 is 1.93. The largest absolute Gasteiger partial charge is 0.383 e. The molecule has 0 unspecified atom stereocenters.